The zero-order chi connectivity index (χ0) is 21.9. The zero-order valence-corrected chi connectivity index (χ0v) is 18.2. The standard InChI is InChI=1S/C22H18BrN3O5/c1-2-22(30)15-7-17-19-12(9-26(17)20(28)14(15)10-31-21(22)29)5-11-6-13(24-18(27)8-23)3-4-16(11)25-19/h3-7,30H,2,8-10H2,1H3,(H,24,27)/t22-/m0/s1. The van der Waals surface area contributed by atoms with Crippen LogP contribution in [0.1, 0.15) is 30.0 Å². The molecule has 0 spiro atoms. The second-order valence-corrected chi connectivity index (χ2v) is 8.25. The molecule has 1 aromatic carbocycles. The van der Waals surface area contributed by atoms with E-state index in [9.17, 15) is 19.5 Å². The van der Waals surface area contributed by atoms with E-state index in [1.165, 1.54) is 0 Å². The van der Waals surface area contributed by atoms with E-state index in [0.717, 1.165) is 10.9 Å². The van der Waals surface area contributed by atoms with Crippen molar-refractivity contribution in [2.24, 2.45) is 0 Å². The Kier molecular flexibility index (Phi) is 4.49. The summed E-state index contributed by atoms with van der Waals surface area (Å²) in [6.45, 7) is 1.85. The summed E-state index contributed by atoms with van der Waals surface area (Å²) in [6, 6.07) is 9.04. The predicted molar refractivity (Wildman–Crippen MR) is 117 cm³/mol. The third-order valence-electron chi connectivity index (χ3n) is 5.91. The minimum absolute atomic E-state index is 0.0998. The van der Waals surface area contributed by atoms with Gasteiger partial charge in [-0.3, -0.25) is 9.59 Å². The Morgan fingerprint density at radius 1 is 1.32 bits per heavy atom. The van der Waals surface area contributed by atoms with Gasteiger partial charge in [-0.2, -0.15) is 0 Å². The number of amides is 1. The number of carbonyl (C=O) groups excluding carboxylic acids is 2. The number of nitrogens with zero attached hydrogens (tertiary/aromatic N) is 2. The van der Waals surface area contributed by atoms with Gasteiger partial charge in [0.1, 0.15) is 6.61 Å². The number of pyridine rings is 2. The fraction of sp³-hybridized carbons (Fsp3) is 0.273. The number of esters is 1. The van der Waals surface area contributed by atoms with Crippen molar-refractivity contribution in [3.05, 3.63) is 57.4 Å². The van der Waals surface area contributed by atoms with Gasteiger partial charge in [0.25, 0.3) is 5.56 Å². The Hall–Kier alpha value is -3.04. The molecular weight excluding hydrogens is 466 g/mol. The van der Waals surface area contributed by atoms with Crippen molar-refractivity contribution in [3.8, 4) is 11.4 Å². The Bertz CT molecular complexity index is 1350. The third kappa shape index (κ3) is 2.91. The molecule has 9 heteroatoms. The van der Waals surface area contributed by atoms with Gasteiger partial charge in [-0.1, -0.05) is 22.9 Å². The van der Waals surface area contributed by atoms with Gasteiger partial charge in [0.2, 0.25) is 5.91 Å². The first kappa shape index (κ1) is 19.9. The van der Waals surface area contributed by atoms with E-state index in [4.69, 9.17) is 9.72 Å². The molecule has 3 aromatic rings. The Morgan fingerprint density at radius 3 is 2.87 bits per heavy atom. The average Bonchev–Trinajstić information content (AvgIpc) is 3.13. The number of hydrogen-bond acceptors (Lipinski definition) is 6. The van der Waals surface area contributed by atoms with Crippen LogP contribution in [0.3, 0.4) is 0 Å². The van der Waals surface area contributed by atoms with E-state index in [1.807, 2.05) is 12.1 Å². The van der Waals surface area contributed by atoms with E-state index in [1.54, 1.807) is 29.7 Å². The summed E-state index contributed by atoms with van der Waals surface area (Å²) in [6.07, 6.45) is 0.0998. The maximum Gasteiger partial charge on any atom is 0.343 e. The highest BCUT2D eigenvalue weighted by Gasteiger charge is 2.45. The molecule has 0 aliphatic carbocycles. The summed E-state index contributed by atoms with van der Waals surface area (Å²) in [7, 11) is 0. The molecule has 0 saturated carbocycles. The van der Waals surface area contributed by atoms with Crippen molar-refractivity contribution in [2.75, 3.05) is 10.6 Å². The van der Waals surface area contributed by atoms with Crippen molar-refractivity contribution >= 4 is 44.4 Å². The van der Waals surface area contributed by atoms with E-state index in [-0.39, 0.29) is 29.8 Å². The van der Waals surface area contributed by atoms with Crippen LogP contribution in [-0.4, -0.2) is 31.9 Å². The third-order valence-corrected chi connectivity index (χ3v) is 6.42. The SMILES string of the molecule is CC[C@@]1(O)C(=O)OCc2c1cc1n(c2=O)Cc2cc3cc(NC(=O)CBr)ccc3nc2-1. The molecule has 2 N–H and O–H groups in total. The van der Waals surface area contributed by atoms with Crippen LogP contribution in [-0.2, 0) is 33.1 Å². The first-order valence-corrected chi connectivity index (χ1v) is 10.9. The molecule has 5 rings (SSSR count). The van der Waals surface area contributed by atoms with E-state index < -0.39 is 11.6 Å². The van der Waals surface area contributed by atoms with Crippen LogP contribution < -0.4 is 10.9 Å². The van der Waals surface area contributed by atoms with Gasteiger partial charge in [0.15, 0.2) is 5.60 Å². The molecule has 2 aliphatic rings. The second-order valence-electron chi connectivity index (χ2n) is 7.69. The fourth-order valence-electron chi connectivity index (χ4n) is 4.26. The Labute approximate surface area is 185 Å². The van der Waals surface area contributed by atoms with E-state index in [0.29, 0.717) is 40.3 Å². The summed E-state index contributed by atoms with van der Waals surface area (Å²) in [5.74, 6) is -0.896. The molecule has 0 unspecified atom stereocenters. The molecule has 0 bridgehead atoms. The quantitative estimate of drug-likeness (QED) is 0.342. The maximum absolute atomic E-state index is 13.2. The number of aromatic nitrogens is 2. The molecule has 1 amide bonds. The minimum Gasteiger partial charge on any atom is -0.458 e. The first-order chi connectivity index (χ1) is 14.9. The normalized spacial score (nSPS) is 18.9. The molecule has 1 atom stereocenters. The summed E-state index contributed by atoms with van der Waals surface area (Å²) < 4.78 is 6.69. The number of alkyl halides is 1. The van der Waals surface area contributed by atoms with Gasteiger partial charge in [0, 0.05) is 22.2 Å². The molecule has 8 nitrogen and oxygen atoms in total. The van der Waals surface area contributed by atoms with Gasteiger partial charge in [0.05, 0.1) is 34.3 Å². The number of halogens is 1. The number of aliphatic hydroxyl groups is 1. The number of hydrogen-bond donors (Lipinski definition) is 2. The zero-order valence-electron chi connectivity index (χ0n) is 16.6. The molecule has 158 valence electrons. The minimum atomic E-state index is -1.84. The maximum atomic E-state index is 13.2. The lowest BCUT2D eigenvalue weighted by Crippen LogP contribution is -2.44. The molecule has 0 saturated heterocycles. The average molecular weight is 484 g/mol. The highest BCUT2D eigenvalue weighted by molar-refractivity contribution is 9.09. The van der Waals surface area contributed by atoms with Gasteiger partial charge in [-0.25, -0.2) is 9.78 Å². The number of benzene rings is 1. The highest BCUT2D eigenvalue weighted by atomic mass is 79.9. The van der Waals surface area contributed by atoms with Crippen molar-refractivity contribution in [2.45, 2.75) is 32.1 Å². The lowest BCUT2D eigenvalue weighted by atomic mass is 9.86. The molecule has 0 radical (unpaired) electrons. The first-order valence-electron chi connectivity index (χ1n) is 9.82. The predicted octanol–water partition coefficient (Wildman–Crippen LogP) is 2.41. The molecule has 0 fully saturated rings. The molecule has 4 heterocycles. The number of ether oxygens (including phenoxy) is 1. The monoisotopic (exact) mass is 483 g/mol. The largest absolute Gasteiger partial charge is 0.458 e. The lowest BCUT2D eigenvalue weighted by molar-refractivity contribution is -0.172. The van der Waals surface area contributed by atoms with Gasteiger partial charge in [-0.05, 0) is 36.8 Å². The van der Waals surface area contributed by atoms with Gasteiger partial charge < -0.3 is 19.7 Å². The van der Waals surface area contributed by atoms with Crippen LogP contribution in [0.4, 0.5) is 5.69 Å². The highest BCUT2D eigenvalue weighted by Crippen LogP contribution is 2.38. The Morgan fingerprint density at radius 2 is 2.13 bits per heavy atom. The van der Waals surface area contributed by atoms with Crippen molar-refractivity contribution in [1.82, 2.24) is 9.55 Å². The van der Waals surface area contributed by atoms with Gasteiger partial charge >= 0.3 is 5.97 Å². The van der Waals surface area contributed by atoms with Crippen molar-refractivity contribution in [1.29, 1.82) is 0 Å². The number of rotatable bonds is 3. The number of anilines is 1. The molecule has 2 aromatic heterocycles. The number of carbonyl (C=O) groups is 2. The summed E-state index contributed by atoms with van der Waals surface area (Å²) >= 11 is 3.13. The van der Waals surface area contributed by atoms with Crippen LogP contribution in [0, 0.1) is 0 Å². The topological polar surface area (TPSA) is 111 Å². The van der Waals surface area contributed by atoms with Gasteiger partial charge in [-0.15, -0.1) is 0 Å². The number of fused-ring (bicyclic) bond motifs is 5. The summed E-state index contributed by atoms with van der Waals surface area (Å²) in [4.78, 5) is 41.8. The second kappa shape index (κ2) is 7.00. The van der Waals surface area contributed by atoms with Crippen LogP contribution in [0.25, 0.3) is 22.3 Å². The summed E-state index contributed by atoms with van der Waals surface area (Å²) in [5, 5.41) is 14.7. The lowest BCUT2D eigenvalue weighted by Gasteiger charge is -2.31. The Balaban J connectivity index is 1.66. The smallest absolute Gasteiger partial charge is 0.343 e. The van der Waals surface area contributed by atoms with E-state index >= 15 is 0 Å². The van der Waals surface area contributed by atoms with Crippen LogP contribution in [0.5, 0.6) is 0 Å². The number of cyclic esters (lactones) is 1. The van der Waals surface area contributed by atoms with Crippen LogP contribution in [0.15, 0.2) is 35.1 Å². The fourth-order valence-corrected chi connectivity index (χ4v) is 4.40. The molecule has 2 aliphatic heterocycles. The molecular formula is C22H18BrN3O5. The summed E-state index contributed by atoms with van der Waals surface area (Å²) in [5.41, 5.74) is 1.88. The van der Waals surface area contributed by atoms with E-state index in [2.05, 4.69) is 21.2 Å². The van der Waals surface area contributed by atoms with Crippen molar-refractivity contribution in [3.63, 3.8) is 0 Å². The van der Waals surface area contributed by atoms with Crippen LogP contribution in [0.2, 0.25) is 0 Å². The molecule has 31 heavy (non-hydrogen) atoms. The number of nitrogens with one attached hydrogen (secondary N) is 1. The van der Waals surface area contributed by atoms with Crippen LogP contribution >= 0.6 is 15.9 Å². The van der Waals surface area contributed by atoms with Crippen molar-refractivity contribution < 1.29 is 19.4 Å².